The standard InChI is InChI=1S/C13H22N2O3S2/c1-4-14-8-11-7-13(10(3)19-11)20(16,17)15-12-5-6-18-9(12)2/h7,9,12,14-15H,4-6,8H2,1-3H3. The Morgan fingerprint density at radius 2 is 2.25 bits per heavy atom. The van der Waals surface area contributed by atoms with Crippen LogP contribution in [0.4, 0.5) is 0 Å². The second-order valence-electron chi connectivity index (χ2n) is 5.01. The van der Waals surface area contributed by atoms with Gasteiger partial charge in [-0.2, -0.15) is 0 Å². The van der Waals surface area contributed by atoms with Crippen LogP contribution in [0.25, 0.3) is 0 Å². The Labute approximate surface area is 124 Å². The van der Waals surface area contributed by atoms with Crippen LogP contribution in [0.5, 0.6) is 0 Å². The predicted octanol–water partition coefficient (Wildman–Crippen LogP) is 1.62. The lowest BCUT2D eigenvalue weighted by Gasteiger charge is -2.15. The quantitative estimate of drug-likeness (QED) is 0.836. The van der Waals surface area contributed by atoms with Crippen LogP contribution in [0, 0.1) is 6.92 Å². The molecule has 1 saturated heterocycles. The Morgan fingerprint density at radius 1 is 1.50 bits per heavy atom. The summed E-state index contributed by atoms with van der Waals surface area (Å²) in [7, 11) is -3.46. The smallest absolute Gasteiger partial charge is 0.242 e. The minimum absolute atomic E-state index is 0.0649. The molecule has 0 saturated carbocycles. The molecule has 0 spiro atoms. The van der Waals surface area contributed by atoms with Crippen LogP contribution >= 0.6 is 11.3 Å². The molecule has 1 aromatic rings. The summed E-state index contributed by atoms with van der Waals surface area (Å²) in [6, 6.07) is 1.64. The summed E-state index contributed by atoms with van der Waals surface area (Å²) in [5.74, 6) is 0. The van der Waals surface area contributed by atoms with Gasteiger partial charge in [0, 0.05) is 22.9 Å². The van der Waals surface area contributed by atoms with Gasteiger partial charge in [-0.15, -0.1) is 11.3 Å². The summed E-state index contributed by atoms with van der Waals surface area (Å²) in [5.41, 5.74) is 0. The molecular weight excluding hydrogens is 296 g/mol. The highest BCUT2D eigenvalue weighted by molar-refractivity contribution is 7.89. The molecule has 0 aromatic carbocycles. The summed E-state index contributed by atoms with van der Waals surface area (Å²) in [6.07, 6.45) is 0.665. The van der Waals surface area contributed by atoms with E-state index in [4.69, 9.17) is 4.74 Å². The lowest BCUT2D eigenvalue weighted by molar-refractivity contribution is 0.117. The average molecular weight is 318 g/mol. The van der Waals surface area contributed by atoms with Crippen molar-refractivity contribution in [2.75, 3.05) is 13.2 Å². The monoisotopic (exact) mass is 318 g/mol. The zero-order valence-electron chi connectivity index (χ0n) is 12.1. The van der Waals surface area contributed by atoms with Crippen LogP contribution in [0.2, 0.25) is 0 Å². The predicted molar refractivity (Wildman–Crippen MR) is 80.6 cm³/mol. The number of sulfonamides is 1. The molecule has 114 valence electrons. The first kappa shape index (κ1) is 15.9. The van der Waals surface area contributed by atoms with E-state index in [1.54, 1.807) is 6.07 Å². The van der Waals surface area contributed by atoms with Crippen LogP contribution in [0.15, 0.2) is 11.0 Å². The normalized spacial score (nSPS) is 23.4. The molecule has 5 nitrogen and oxygen atoms in total. The van der Waals surface area contributed by atoms with Crippen LogP contribution in [0.1, 0.15) is 30.0 Å². The van der Waals surface area contributed by atoms with Crippen molar-refractivity contribution < 1.29 is 13.2 Å². The van der Waals surface area contributed by atoms with Gasteiger partial charge in [0.05, 0.1) is 17.0 Å². The van der Waals surface area contributed by atoms with E-state index in [1.165, 1.54) is 11.3 Å². The zero-order valence-corrected chi connectivity index (χ0v) is 13.7. The van der Waals surface area contributed by atoms with Gasteiger partial charge >= 0.3 is 0 Å². The number of hydrogen-bond acceptors (Lipinski definition) is 5. The molecular formula is C13H22N2O3S2. The van der Waals surface area contributed by atoms with E-state index in [2.05, 4.69) is 10.0 Å². The molecule has 2 rings (SSSR count). The van der Waals surface area contributed by atoms with E-state index in [0.717, 1.165) is 22.7 Å². The van der Waals surface area contributed by atoms with Crippen molar-refractivity contribution in [1.29, 1.82) is 0 Å². The molecule has 0 bridgehead atoms. The number of nitrogens with one attached hydrogen (secondary N) is 2. The van der Waals surface area contributed by atoms with Crippen molar-refractivity contribution in [1.82, 2.24) is 10.0 Å². The maximum Gasteiger partial charge on any atom is 0.242 e. The van der Waals surface area contributed by atoms with Gasteiger partial charge in [-0.05, 0) is 32.9 Å². The molecule has 0 radical (unpaired) electrons. The summed E-state index contributed by atoms with van der Waals surface area (Å²) in [6.45, 7) is 7.97. The third-order valence-electron chi connectivity index (χ3n) is 3.44. The summed E-state index contributed by atoms with van der Waals surface area (Å²) < 4.78 is 33.1. The minimum atomic E-state index is -3.46. The maximum atomic E-state index is 12.5. The second kappa shape index (κ2) is 6.53. The highest BCUT2D eigenvalue weighted by Gasteiger charge is 2.30. The van der Waals surface area contributed by atoms with E-state index in [0.29, 0.717) is 18.0 Å². The van der Waals surface area contributed by atoms with Crippen molar-refractivity contribution in [3.05, 3.63) is 15.8 Å². The van der Waals surface area contributed by atoms with Crippen molar-refractivity contribution >= 4 is 21.4 Å². The molecule has 20 heavy (non-hydrogen) atoms. The molecule has 7 heteroatoms. The molecule has 1 aliphatic heterocycles. The van der Waals surface area contributed by atoms with Gasteiger partial charge in [0.2, 0.25) is 10.0 Å². The molecule has 2 atom stereocenters. The van der Waals surface area contributed by atoms with E-state index >= 15 is 0 Å². The lowest BCUT2D eigenvalue weighted by atomic mass is 10.2. The van der Waals surface area contributed by atoms with Gasteiger partial charge in [-0.25, -0.2) is 13.1 Å². The third-order valence-corrected chi connectivity index (χ3v) is 6.24. The fourth-order valence-electron chi connectivity index (χ4n) is 2.28. The molecule has 1 aromatic heterocycles. The third kappa shape index (κ3) is 3.59. The minimum Gasteiger partial charge on any atom is -0.377 e. The number of rotatable bonds is 6. The molecule has 0 amide bonds. The second-order valence-corrected chi connectivity index (χ2v) is 8.03. The highest BCUT2D eigenvalue weighted by atomic mass is 32.2. The first-order chi connectivity index (χ1) is 9.44. The topological polar surface area (TPSA) is 67.4 Å². The van der Waals surface area contributed by atoms with E-state index in [-0.39, 0.29) is 12.1 Å². The van der Waals surface area contributed by atoms with Gasteiger partial charge in [0.25, 0.3) is 0 Å². The Bertz CT molecular complexity index is 554. The Kier molecular flexibility index (Phi) is 5.19. The van der Waals surface area contributed by atoms with Gasteiger partial charge in [-0.1, -0.05) is 6.92 Å². The number of ether oxygens (including phenoxy) is 1. The first-order valence-electron chi connectivity index (χ1n) is 6.88. The summed E-state index contributed by atoms with van der Waals surface area (Å²) >= 11 is 1.53. The van der Waals surface area contributed by atoms with Gasteiger partial charge in [-0.3, -0.25) is 0 Å². The van der Waals surface area contributed by atoms with Gasteiger partial charge < -0.3 is 10.1 Å². The Morgan fingerprint density at radius 3 is 2.85 bits per heavy atom. The van der Waals surface area contributed by atoms with Crippen molar-refractivity contribution in [3.63, 3.8) is 0 Å². The zero-order chi connectivity index (χ0) is 14.8. The fourth-order valence-corrected chi connectivity index (χ4v) is 5.22. The van der Waals surface area contributed by atoms with Crippen molar-refractivity contribution in [2.24, 2.45) is 0 Å². The molecule has 2 N–H and O–H groups in total. The van der Waals surface area contributed by atoms with Gasteiger partial charge in [0.1, 0.15) is 0 Å². The number of hydrogen-bond donors (Lipinski definition) is 2. The van der Waals surface area contributed by atoms with Crippen LogP contribution in [-0.4, -0.2) is 33.7 Å². The molecule has 2 heterocycles. The lowest BCUT2D eigenvalue weighted by Crippen LogP contribution is -2.39. The largest absolute Gasteiger partial charge is 0.377 e. The average Bonchev–Trinajstić information content (AvgIpc) is 2.94. The summed E-state index contributed by atoms with van der Waals surface area (Å²) in [4.78, 5) is 2.27. The van der Waals surface area contributed by atoms with E-state index in [1.807, 2.05) is 20.8 Å². The molecule has 1 aliphatic rings. The van der Waals surface area contributed by atoms with Crippen molar-refractivity contribution in [3.8, 4) is 0 Å². The highest BCUT2D eigenvalue weighted by Crippen LogP contribution is 2.26. The maximum absolute atomic E-state index is 12.5. The Balaban J connectivity index is 2.14. The van der Waals surface area contributed by atoms with Crippen molar-refractivity contribution in [2.45, 2.75) is 50.8 Å². The number of thiophene rings is 1. The van der Waals surface area contributed by atoms with E-state index in [9.17, 15) is 8.42 Å². The van der Waals surface area contributed by atoms with Crippen LogP contribution < -0.4 is 10.0 Å². The van der Waals surface area contributed by atoms with Crippen LogP contribution in [-0.2, 0) is 21.3 Å². The number of aryl methyl sites for hydroxylation is 1. The summed E-state index contributed by atoms with van der Waals surface area (Å²) in [5, 5.41) is 3.21. The SMILES string of the molecule is CCNCc1cc(S(=O)(=O)NC2CCOC2C)c(C)s1. The van der Waals surface area contributed by atoms with Crippen LogP contribution in [0.3, 0.4) is 0 Å². The van der Waals surface area contributed by atoms with E-state index < -0.39 is 10.0 Å². The molecule has 0 aliphatic carbocycles. The Hall–Kier alpha value is -0.470. The molecule has 1 fully saturated rings. The van der Waals surface area contributed by atoms with Gasteiger partial charge in [0.15, 0.2) is 0 Å². The molecule has 2 unspecified atom stereocenters. The first-order valence-corrected chi connectivity index (χ1v) is 9.18. The fraction of sp³-hybridized carbons (Fsp3) is 0.692.